The molecule has 0 saturated heterocycles. The Labute approximate surface area is 165 Å². The van der Waals surface area contributed by atoms with Crippen molar-refractivity contribution in [2.24, 2.45) is 5.92 Å². The number of aromatic nitrogens is 1. The van der Waals surface area contributed by atoms with Crippen LogP contribution in [0.1, 0.15) is 41.0 Å². The van der Waals surface area contributed by atoms with Crippen molar-refractivity contribution in [3.63, 3.8) is 0 Å². The summed E-state index contributed by atoms with van der Waals surface area (Å²) >= 11 is 0. The number of carbonyl (C=O) groups excluding carboxylic acids is 2. The van der Waals surface area contributed by atoms with Gasteiger partial charge in [0.15, 0.2) is 0 Å². The third-order valence-corrected chi connectivity index (χ3v) is 4.52. The Hall–Kier alpha value is -3.21. The minimum absolute atomic E-state index is 0.0990. The quantitative estimate of drug-likeness (QED) is 0.695. The van der Waals surface area contributed by atoms with Gasteiger partial charge in [-0.1, -0.05) is 49.7 Å². The van der Waals surface area contributed by atoms with Gasteiger partial charge in [0.1, 0.15) is 0 Å². The van der Waals surface area contributed by atoms with Crippen molar-refractivity contribution < 1.29 is 9.59 Å². The van der Waals surface area contributed by atoms with Crippen LogP contribution < -0.4 is 10.6 Å². The zero-order valence-corrected chi connectivity index (χ0v) is 16.7. The van der Waals surface area contributed by atoms with Gasteiger partial charge in [-0.15, -0.1) is 0 Å². The maximum Gasteiger partial charge on any atom is 0.252 e. The molecule has 0 aliphatic rings. The highest BCUT2D eigenvalue weighted by Crippen LogP contribution is 2.24. The van der Waals surface area contributed by atoms with Crippen LogP contribution in [0.4, 0.5) is 5.69 Å². The molecule has 2 aromatic carbocycles. The first-order chi connectivity index (χ1) is 13.3. The van der Waals surface area contributed by atoms with Gasteiger partial charge in [-0.3, -0.25) is 14.6 Å². The second-order valence-electron chi connectivity index (χ2n) is 7.36. The van der Waals surface area contributed by atoms with Gasteiger partial charge in [0, 0.05) is 29.2 Å². The SMILES string of the molecule is Cc1cccc(CNC(=O)c2cc(NC(=O)C(C)C)cc3nc(C)ccc23)c1. The van der Waals surface area contributed by atoms with Gasteiger partial charge in [-0.05, 0) is 37.6 Å². The lowest BCUT2D eigenvalue weighted by Gasteiger charge is -2.13. The van der Waals surface area contributed by atoms with Crippen molar-refractivity contribution >= 4 is 28.4 Å². The van der Waals surface area contributed by atoms with Gasteiger partial charge in [0.2, 0.25) is 5.91 Å². The molecule has 0 atom stereocenters. The van der Waals surface area contributed by atoms with Gasteiger partial charge < -0.3 is 10.6 Å². The monoisotopic (exact) mass is 375 g/mol. The maximum absolute atomic E-state index is 12.9. The number of pyridine rings is 1. The van der Waals surface area contributed by atoms with E-state index < -0.39 is 0 Å². The standard InChI is InChI=1S/C23H25N3O2/c1-14(2)22(27)26-18-11-20(19-9-8-16(4)25-21(19)12-18)23(28)24-13-17-7-5-6-15(3)10-17/h5-12,14H,13H2,1-4H3,(H,24,28)(H,26,27). The molecule has 3 aromatic rings. The lowest BCUT2D eigenvalue weighted by molar-refractivity contribution is -0.118. The van der Waals surface area contributed by atoms with Crippen LogP contribution >= 0.6 is 0 Å². The van der Waals surface area contributed by atoms with E-state index in [0.29, 0.717) is 23.3 Å². The third-order valence-electron chi connectivity index (χ3n) is 4.52. The van der Waals surface area contributed by atoms with Crippen molar-refractivity contribution in [2.45, 2.75) is 34.2 Å². The normalized spacial score (nSPS) is 10.9. The molecule has 0 spiro atoms. The maximum atomic E-state index is 12.9. The van der Waals surface area contributed by atoms with Crippen LogP contribution in [0.3, 0.4) is 0 Å². The minimum atomic E-state index is -0.196. The van der Waals surface area contributed by atoms with E-state index in [2.05, 4.69) is 15.6 Å². The Morgan fingerprint density at radius 3 is 2.54 bits per heavy atom. The van der Waals surface area contributed by atoms with E-state index in [1.165, 1.54) is 0 Å². The Balaban J connectivity index is 1.93. The Morgan fingerprint density at radius 2 is 1.82 bits per heavy atom. The lowest BCUT2D eigenvalue weighted by Crippen LogP contribution is -2.24. The summed E-state index contributed by atoms with van der Waals surface area (Å²) in [5.41, 5.74) is 4.79. The Bertz CT molecular complexity index is 1040. The van der Waals surface area contributed by atoms with Crippen molar-refractivity contribution in [2.75, 3.05) is 5.32 Å². The fraction of sp³-hybridized carbons (Fsp3) is 0.261. The predicted molar refractivity (Wildman–Crippen MR) is 112 cm³/mol. The van der Waals surface area contributed by atoms with Crippen LogP contribution in [0.2, 0.25) is 0 Å². The van der Waals surface area contributed by atoms with Crippen LogP contribution in [-0.2, 0) is 11.3 Å². The number of nitrogens with zero attached hydrogens (tertiary/aromatic N) is 1. The number of amides is 2. The van der Waals surface area contributed by atoms with Crippen molar-refractivity contribution in [3.05, 3.63) is 70.9 Å². The summed E-state index contributed by atoms with van der Waals surface area (Å²) in [6.07, 6.45) is 0. The number of hydrogen-bond acceptors (Lipinski definition) is 3. The average Bonchev–Trinajstić information content (AvgIpc) is 2.65. The molecule has 0 radical (unpaired) electrons. The Morgan fingerprint density at radius 1 is 1.04 bits per heavy atom. The van der Waals surface area contributed by atoms with E-state index >= 15 is 0 Å². The highest BCUT2D eigenvalue weighted by Gasteiger charge is 2.15. The molecular formula is C23H25N3O2. The van der Waals surface area contributed by atoms with E-state index in [1.807, 2.05) is 64.1 Å². The predicted octanol–water partition coefficient (Wildman–Crippen LogP) is 4.38. The summed E-state index contributed by atoms with van der Waals surface area (Å²) in [5.74, 6) is -0.448. The fourth-order valence-electron chi connectivity index (χ4n) is 2.98. The number of rotatable bonds is 5. The van der Waals surface area contributed by atoms with Crippen LogP contribution in [0.25, 0.3) is 10.9 Å². The molecule has 144 valence electrons. The van der Waals surface area contributed by atoms with Gasteiger partial charge >= 0.3 is 0 Å². The molecule has 0 fully saturated rings. The summed E-state index contributed by atoms with van der Waals surface area (Å²) in [6.45, 7) is 8.01. The Kier molecular flexibility index (Phi) is 5.73. The topological polar surface area (TPSA) is 71.1 Å². The first-order valence-electron chi connectivity index (χ1n) is 9.39. The average molecular weight is 375 g/mol. The van der Waals surface area contributed by atoms with Crippen molar-refractivity contribution in [1.82, 2.24) is 10.3 Å². The fourth-order valence-corrected chi connectivity index (χ4v) is 2.98. The summed E-state index contributed by atoms with van der Waals surface area (Å²) < 4.78 is 0. The number of aryl methyl sites for hydroxylation is 2. The first kappa shape index (κ1) is 19.5. The number of hydrogen-bond donors (Lipinski definition) is 2. The molecule has 2 amide bonds. The summed E-state index contributed by atoms with van der Waals surface area (Å²) in [7, 11) is 0. The lowest BCUT2D eigenvalue weighted by atomic mass is 10.0. The molecule has 0 saturated carbocycles. The summed E-state index contributed by atoms with van der Waals surface area (Å²) in [5, 5.41) is 6.60. The molecule has 2 N–H and O–H groups in total. The van der Waals surface area contributed by atoms with E-state index in [1.54, 1.807) is 12.1 Å². The zero-order valence-electron chi connectivity index (χ0n) is 16.7. The zero-order chi connectivity index (χ0) is 20.3. The van der Waals surface area contributed by atoms with Crippen LogP contribution in [0.5, 0.6) is 0 Å². The number of carbonyl (C=O) groups is 2. The molecule has 1 aromatic heterocycles. The highest BCUT2D eigenvalue weighted by molar-refractivity contribution is 6.08. The summed E-state index contributed by atoms with van der Waals surface area (Å²) in [6, 6.07) is 15.3. The molecule has 28 heavy (non-hydrogen) atoms. The van der Waals surface area contributed by atoms with E-state index in [4.69, 9.17) is 0 Å². The van der Waals surface area contributed by atoms with Gasteiger partial charge in [-0.2, -0.15) is 0 Å². The van der Waals surface area contributed by atoms with E-state index in [9.17, 15) is 9.59 Å². The van der Waals surface area contributed by atoms with Crippen molar-refractivity contribution in [3.8, 4) is 0 Å². The number of benzene rings is 2. The molecule has 0 aliphatic carbocycles. The molecule has 0 unspecified atom stereocenters. The largest absolute Gasteiger partial charge is 0.348 e. The smallest absolute Gasteiger partial charge is 0.252 e. The molecule has 0 bridgehead atoms. The highest BCUT2D eigenvalue weighted by atomic mass is 16.2. The number of anilines is 1. The molecule has 3 rings (SSSR count). The summed E-state index contributed by atoms with van der Waals surface area (Å²) in [4.78, 5) is 29.6. The molecule has 0 aliphatic heterocycles. The molecule has 5 nitrogen and oxygen atoms in total. The van der Waals surface area contributed by atoms with E-state index in [-0.39, 0.29) is 17.7 Å². The number of nitrogens with one attached hydrogen (secondary N) is 2. The second kappa shape index (κ2) is 8.21. The van der Waals surface area contributed by atoms with Gasteiger partial charge in [-0.25, -0.2) is 0 Å². The van der Waals surface area contributed by atoms with Gasteiger partial charge in [0.25, 0.3) is 5.91 Å². The van der Waals surface area contributed by atoms with Gasteiger partial charge in [0.05, 0.1) is 11.1 Å². The molecule has 5 heteroatoms. The minimum Gasteiger partial charge on any atom is -0.348 e. The number of fused-ring (bicyclic) bond motifs is 1. The van der Waals surface area contributed by atoms with E-state index in [0.717, 1.165) is 22.2 Å². The first-order valence-corrected chi connectivity index (χ1v) is 9.39. The molecular weight excluding hydrogens is 350 g/mol. The molecule has 1 heterocycles. The van der Waals surface area contributed by atoms with Crippen LogP contribution in [0.15, 0.2) is 48.5 Å². The van der Waals surface area contributed by atoms with Crippen LogP contribution in [0, 0.1) is 19.8 Å². The second-order valence-corrected chi connectivity index (χ2v) is 7.36. The van der Waals surface area contributed by atoms with Crippen LogP contribution in [-0.4, -0.2) is 16.8 Å². The van der Waals surface area contributed by atoms with Crippen molar-refractivity contribution in [1.29, 1.82) is 0 Å². The third kappa shape index (κ3) is 4.55.